The average molecular weight is 529 g/mol. The predicted octanol–water partition coefficient (Wildman–Crippen LogP) is 4.83. The van der Waals surface area contributed by atoms with Crippen molar-refractivity contribution in [2.75, 3.05) is 33.7 Å². The molecule has 9 heteroatoms. The summed E-state index contributed by atoms with van der Waals surface area (Å²) < 4.78 is 11.3. The minimum Gasteiger partial charge on any atom is -0.490 e. The van der Waals surface area contributed by atoms with Crippen LogP contribution in [0.5, 0.6) is 5.75 Å². The van der Waals surface area contributed by atoms with E-state index in [1.807, 2.05) is 36.9 Å². The molecular formula is C30H36N6O3. The van der Waals surface area contributed by atoms with Crippen molar-refractivity contribution in [2.24, 2.45) is 0 Å². The monoisotopic (exact) mass is 528 g/mol. The number of carbonyl (C=O) groups excluding carboxylic acids is 1. The zero-order chi connectivity index (χ0) is 27.5. The van der Waals surface area contributed by atoms with Crippen LogP contribution >= 0.6 is 0 Å². The molecule has 0 radical (unpaired) electrons. The Hall–Kier alpha value is -3.90. The first-order chi connectivity index (χ1) is 18.8. The summed E-state index contributed by atoms with van der Waals surface area (Å²) in [6.45, 7) is 6.05. The highest BCUT2D eigenvalue weighted by molar-refractivity contribution is 5.74. The molecule has 3 aromatic rings. The second kappa shape index (κ2) is 11.5. The van der Waals surface area contributed by atoms with Crippen LogP contribution in [0.2, 0.25) is 0 Å². The van der Waals surface area contributed by atoms with Crippen molar-refractivity contribution in [1.82, 2.24) is 25.3 Å². The number of nitriles is 1. The van der Waals surface area contributed by atoms with Gasteiger partial charge < -0.3 is 24.4 Å². The first-order valence-electron chi connectivity index (χ1n) is 13.7. The molecule has 1 aliphatic carbocycles. The predicted molar refractivity (Wildman–Crippen MR) is 148 cm³/mol. The lowest BCUT2D eigenvalue weighted by atomic mass is 9.98. The number of nitrogens with one attached hydrogen (secondary N) is 1. The van der Waals surface area contributed by atoms with Crippen molar-refractivity contribution in [1.29, 1.82) is 5.26 Å². The van der Waals surface area contributed by atoms with E-state index < -0.39 is 0 Å². The summed E-state index contributed by atoms with van der Waals surface area (Å²) in [6, 6.07) is 14.2. The number of rotatable bonds is 7. The van der Waals surface area contributed by atoms with Gasteiger partial charge in [0.15, 0.2) is 0 Å². The van der Waals surface area contributed by atoms with Gasteiger partial charge in [0.05, 0.1) is 11.7 Å². The Morgan fingerprint density at radius 3 is 2.74 bits per heavy atom. The van der Waals surface area contributed by atoms with Gasteiger partial charge in [-0.2, -0.15) is 10.2 Å². The van der Waals surface area contributed by atoms with Gasteiger partial charge in [-0.1, -0.05) is 23.4 Å². The molecule has 2 amide bonds. The maximum absolute atomic E-state index is 12.8. The van der Waals surface area contributed by atoms with E-state index in [0.29, 0.717) is 41.2 Å². The molecular weight excluding hydrogens is 492 g/mol. The van der Waals surface area contributed by atoms with Gasteiger partial charge in [-0.05, 0) is 83.0 Å². The van der Waals surface area contributed by atoms with E-state index in [-0.39, 0.29) is 18.1 Å². The van der Waals surface area contributed by atoms with Crippen molar-refractivity contribution >= 4 is 6.03 Å². The van der Waals surface area contributed by atoms with E-state index in [0.717, 1.165) is 44.3 Å². The fraction of sp³-hybridized carbons (Fsp3) is 0.467. The zero-order valence-corrected chi connectivity index (χ0v) is 23.1. The normalized spacial score (nSPS) is 17.4. The van der Waals surface area contributed by atoms with Crippen molar-refractivity contribution < 1.29 is 14.1 Å². The van der Waals surface area contributed by atoms with Crippen molar-refractivity contribution in [2.45, 2.75) is 57.6 Å². The van der Waals surface area contributed by atoms with Crippen LogP contribution in [0.3, 0.4) is 0 Å². The van der Waals surface area contributed by atoms with Gasteiger partial charge in [0.2, 0.25) is 5.82 Å². The molecule has 1 fully saturated rings. The average Bonchev–Trinajstić information content (AvgIpc) is 3.59. The molecule has 1 N–H and O–H groups in total. The topological polar surface area (TPSA) is 108 Å². The minimum absolute atomic E-state index is 0.0289. The van der Waals surface area contributed by atoms with Crippen molar-refractivity contribution in [3.8, 4) is 34.7 Å². The van der Waals surface area contributed by atoms with Crippen LogP contribution in [-0.2, 0) is 6.42 Å². The number of fused-ring (bicyclic) bond motifs is 1. The smallest absolute Gasteiger partial charge is 0.317 e. The van der Waals surface area contributed by atoms with Gasteiger partial charge in [0.1, 0.15) is 11.8 Å². The fourth-order valence-corrected chi connectivity index (χ4v) is 5.63. The molecule has 0 bridgehead atoms. The molecule has 1 atom stereocenters. The van der Waals surface area contributed by atoms with Crippen LogP contribution in [0.1, 0.15) is 55.7 Å². The summed E-state index contributed by atoms with van der Waals surface area (Å²) in [5.74, 6) is 1.67. The van der Waals surface area contributed by atoms with E-state index in [1.165, 1.54) is 11.1 Å². The second-order valence-corrected chi connectivity index (χ2v) is 10.9. The van der Waals surface area contributed by atoms with Crippen LogP contribution in [0.25, 0.3) is 22.8 Å². The van der Waals surface area contributed by atoms with Gasteiger partial charge in [0.25, 0.3) is 5.89 Å². The Bertz CT molecular complexity index is 1370. The standard InChI is InChI=1S/C30H36N6O3/c1-19(2)38-27-11-9-20(16-22(27)17-31)29-33-28(34-39-29)26-7-5-6-24-21(8-10-25(24)26)18-32-30(37)36-14-12-23(13-15-36)35(3)4/h5-7,9,11,16,19,21,23H,8,10,12-15,18H2,1-4H3,(H,32,37)/t21-/m1/s1. The lowest BCUT2D eigenvalue weighted by molar-refractivity contribution is 0.148. The molecule has 39 heavy (non-hydrogen) atoms. The summed E-state index contributed by atoms with van der Waals surface area (Å²) in [6.07, 6.45) is 3.84. The highest BCUT2D eigenvalue weighted by Gasteiger charge is 2.29. The first kappa shape index (κ1) is 26.7. The van der Waals surface area contributed by atoms with Gasteiger partial charge in [0, 0.05) is 42.7 Å². The van der Waals surface area contributed by atoms with E-state index in [1.54, 1.807) is 12.1 Å². The lowest BCUT2D eigenvalue weighted by Crippen LogP contribution is -2.48. The second-order valence-electron chi connectivity index (χ2n) is 10.9. The van der Waals surface area contributed by atoms with E-state index in [4.69, 9.17) is 9.26 Å². The molecule has 0 saturated carbocycles. The number of nitrogens with zero attached hydrogens (tertiary/aromatic N) is 5. The SMILES string of the molecule is CC(C)Oc1ccc(-c2nc(-c3cccc4c3CC[C@@H]4CNC(=O)N3CCC(N(C)C)CC3)no2)cc1C#N. The molecule has 1 aromatic heterocycles. The first-order valence-corrected chi connectivity index (χ1v) is 13.7. The Balaban J connectivity index is 1.27. The number of piperidine rings is 1. The van der Waals surface area contributed by atoms with Crippen LogP contribution in [0, 0.1) is 11.3 Å². The number of ether oxygens (including phenoxy) is 1. The molecule has 2 heterocycles. The van der Waals surface area contributed by atoms with Crippen LogP contribution in [0.4, 0.5) is 4.79 Å². The van der Waals surface area contributed by atoms with E-state index in [2.05, 4.69) is 46.6 Å². The lowest BCUT2D eigenvalue weighted by Gasteiger charge is -2.35. The molecule has 0 unspecified atom stereocenters. The van der Waals surface area contributed by atoms with Gasteiger partial charge in [-0.15, -0.1) is 0 Å². The van der Waals surface area contributed by atoms with Gasteiger partial charge >= 0.3 is 6.03 Å². The Morgan fingerprint density at radius 1 is 1.23 bits per heavy atom. The van der Waals surface area contributed by atoms with Crippen molar-refractivity contribution in [3.63, 3.8) is 0 Å². The quantitative estimate of drug-likeness (QED) is 0.468. The van der Waals surface area contributed by atoms with Crippen LogP contribution in [-0.4, -0.2) is 71.8 Å². The largest absolute Gasteiger partial charge is 0.490 e. The highest BCUT2D eigenvalue weighted by Crippen LogP contribution is 2.38. The van der Waals surface area contributed by atoms with E-state index in [9.17, 15) is 10.1 Å². The van der Waals surface area contributed by atoms with E-state index >= 15 is 0 Å². The van der Waals surface area contributed by atoms with Crippen LogP contribution in [0.15, 0.2) is 40.9 Å². The number of amides is 2. The number of hydrogen-bond donors (Lipinski definition) is 1. The summed E-state index contributed by atoms with van der Waals surface area (Å²) in [7, 11) is 4.21. The molecule has 0 spiro atoms. The van der Waals surface area contributed by atoms with Crippen molar-refractivity contribution in [3.05, 3.63) is 53.1 Å². The number of urea groups is 1. The third-order valence-electron chi connectivity index (χ3n) is 7.75. The third-order valence-corrected chi connectivity index (χ3v) is 7.75. The van der Waals surface area contributed by atoms with Gasteiger partial charge in [-0.25, -0.2) is 4.79 Å². The molecule has 204 valence electrons. The Labute approximate surface area is 229 Å². The molecule has 2 aliphatic rings. The number of likely N-dealkylation sites (tertiary alicyclic amines) is 1. The fourth-order valence-electron chi connectivity index (χ4n) is 5.63. The zero-order valence-electron chi connectivity index (χ0n) is 23.1. The molecule has 9 nitrogen and oxygen atoms in total. The summed E-state index contributed by atoms with van der Waals surface area (Å²) in [5.41, 5.74) is 4.47. The number of benzene rings is 2. The minimum atomic E-state index is -0.0316. The Kier molecular flexibility index (Phi) is 7.84. The number of carbonyl (C=O) groups is 1. The Morgan fingerprint density at radius 2 is 2.03 bits per heavy atom. The third kappa shape index (κ3) is 5.76. The molecule has 5 rings (SSSR count). The van der Waals surface area contributed by atoms with Crippen LogP contribution < -0.4 is 10.1 Å². The van der Waals surface area contributed by atoms with Gasteiger partial charge in [-0.3, -0.25) is 0 Å². The highest BCUT2D eigenvalue weighted by atomic mass is 16.5. The maximum Gasteiger partial charge on any atom is 0.317 e. The summed E-state index contributed by atoms with van der Waals surface area (Å²) >= 11 is 0. The molecule has 1 aliphatic heterocycles. The molecule has 1 saturated heterocycles. The summed E-state index contributed by atoms with van der Waals surface area (Å²) in [4.78, 5) is 21.7. The number of aromatic nitrogens is 2. The number of hydrogen-bond acceptors (Lipinski definition) is 7. The summed E-state index contributed by atoms with van der Waals surface area (Å²) in [5, 5.41) is 17.0. The molecule has 2 aromatic carbocycles. The maximum atomic E-state index is 12.8.